The van der Waals surface area contributed by atoms with Crippen molar-refractivity contribution < 1.29 is 9.53 Å². The average Bonchev–Trinajstić information content (AvgIpc) is 2.74. The smallest absolute Gasteiger partial charge is 0.274 e. The van der Waals surface area contributed by atoms with E-state index in [0.717, 1.165) is 24.4 Å². The number of rotatable bonds is 7. The molecule has 0 fully saturated rings. The fraction of sp³-hybridized carbons (Fsp3) is 0.136. The molecule has 2 N–H and O–H groups in total. The number of nitrogens with one attached hydrogen (secondary N) is 2. The fourth-order valence-corrected chi connectivity index (χ4v) is 2.67. The topological polar surface area (TPSA) is 87.0 Å². The van der Waals surface area contributed by atoms with Crippen LogP contribution in [0, 0.1) is 11.3 Å². The van der Waals surface area contributed by atoms with Crippen molar-refractivity contribution in [3.05, 3.63) is 83.7 Å². The van der Waals surface area contributed by atoms with E-state index >= 15 is 0 Å². The summed E-state index contributed by atoms with van der Waals surface area (Å²) >= 11 is 0. The normalized spacial score (nSPS) is 10.0. The highest BCUT2D eigenvalue weighted by molar-refractivity contribution is 6.03. The summed E-state index contributed by atoms with van der Waals surface area (Å²) < 4.78 is 5.23. The van der Waals surface area contributed by atoms with Gasteiger partial charge >= 0.3 is 0 Å². The number of nitriles is 1. The van der Waals surface area contributed by atoms with Crippen LogP contribution in [0.4, 0.5) is 11.4 Å². The zero-order chi connectivity index (χ0) is 19.8. The highest BCUT2D eigenvalue weighted by atomic mass is 16.5. The number of benzene rings is 2. The van der Waals surface area contributed by atoms with Crippen LogP contribution in [0.25, 0.3) is 0 Å². The zero-order valence-corrected chi connectivity index (χ0v) is 15.5. The van der Waals surface area contributed by atoms with Gasteiger partial charge in [-0.1, -0.05) is 18.2 Å². The van der Waals surface area contributed by atoms with Crippen LogP contribution in [0.1, 0.15) is 21.6 Å². The van der Waals surface area contributed by atoms with Gasteiger partial charge in [-0.05, 0) is 54.4 Å². The molecule has 1 heterocycles. The van der Waals surface area contributed by atoms with Gasteiger partial charge in [-0.2, -0.15) is 5.26 Å². The average molecular weight is 372 g/mol. The third-order valence-corrected chi connectivity index (χ3v) is 4.12. The molecule has 6 nitrogen and oxygen atoms in total. The molecule has 3 aromatic rings. The van der Waals surface area contributed by atoms with E-state index in [1.807, 2.05) is 30.3 Å². The number of methoxy groups -OCH3 is 1. The van der Waals surface area contributed by atoms with Gasteiger partial charge in [0.2, 0.25) is 0 Å². The number of aromatic nitrogens is 1. The summed E-state index contributed by atoms with van der Waals surface area (Å²) in [5.41, 5.74) is 3.37. The van der Waals surface area contributed by atoms with Gasteiger partial charge in [-0.3, -0.25) is 4.79 Å². The summed E-state index contributed by atoms with van der Waals surface area (Å²) in [6.07, 6.45) is 2.47. The summed E-state index contributed by atoms with van der Waals surface area (Å²) in [5, 5.41) is 15.0. The quantitative estimate of drug-likeness (QED) is 0.657. The number of hydrogen-bond acceptors (Lipinski definition) is 5. The van der Waals surface area contributed by atoms with Crippen molar-refractivity contribution in [1.29, 1.82) is 5.26 Å². The molecule has 1 aromatic heterocycles. The number of pyridine rings is 1. The summed E-state index contributed by atoms with van der Waals surface area (Å²) in [4.78, 5) is 16.5. The molecule has 3 rings (SSSR count). The molecule has 0 aliphatic carbocycles. The summed E-state index contributed by atoms with van der Waals surface area (Å²) in [6.45, 7) is 0.737. The third kappa shape index (κ3) is 5.08. The van der Waals surface area contributed by atoms with E-state index in [1.165, 1.54) is 5.56 Å². The maximum absolute atomic E-state index is 12.3. The van der Waals surface area contributed by atoms with Gasteiger partial charge in [-0.15, -0.1) is 0 Å². The fourth-order valence-electron chi connectivity index (χ4n) is 2.67. The van der Waals surface area contributed by atoms with Crippen LogP contribution < -0.4 is 15.4 Å². The predicted octanol–water partition coefficient (Wildman–Crippen LogP) is 3.87. The van der Waals surface area contributed by atoms with Crippen molar-refractivity contribution in [2.75, 3.05) is 24.3 Å². The van der Waals surface area contributed by atoms with Gasteiger partial charge in [0, 0.05) is 12.2 Å². The second kappa shape index (κ2) is 9.19. The molecule has 6 heteroatoms. The summed E-state index contributed by atoms with van der Waals surface area (Å²) in [5.74, 6) is 0.521. The summed E-state index contributed by atoms with van der Waals surface area (Å²) in [6, 6.07) is 20.2. The van der Waals surface area contributed by atoms with E-state index in [-0.39, 0.29) is 5.91 Å². The molecule has 0 saturated heterocycles. The lowest BCUT2D eigenvalue weighted by Crippen LogP contribution is -2.14. The minimum atomic E-state index is -0.321. The Bertz CT molecular complexity index is 994. The first kappa shape index (κ1) is 18.9. The van der Waals surface area contributed by atoms with E-state index in [2.05, 4.69) is 21.7 Å². The summed E-state index contributed by atoms with van der Waals surface area (Å²) in [7, 11) is 1.65. The minimum Gasteiger partial charge on any atom is -0.497 e. The number of hydrogen-bond donors (Lipinski definition) is 2. The van der Waals surface area contributed by atoms with Crippen LogP contribution in [0.3, 0.4) is 0 Å². The molecule has 0 unspecified atom stereocenters. The van der Waals surface area contributed by atoms with Gasteiger partial charge in [0.1, 0.15) is 11.4 Å². The van der Waals surface area contributed by atoms with Gasteiger partial charge in [0.05, 0.1) is 30.6 Å². The number of ether oxygens (including phenoxy) is 1. The molecular weight excluding hydrogens is 352 g/mol. The lowest BCUT2D eigenvalue weighted by atomic mass is 10.1. The Hall–Kier alpha value is -3.85. The molecule has 1 amide bonds. The van der Waals surface area contributed by atoms with Gasteiger partial charge in [0.25, 0.3) is 5.91 Å². The highest BCUT2D eigenvalue weighted by Gasteiger charge is 2.08. The number of carbonyl (C=O) groups is 1. The standard InChI is InChI=1S/C22H20N4O2/c1-28-20-7-3-4-16(13-20)10-11-24-19-8-9-21(25-15-19)22(27)26-18-6-2-5-17(12-18)14-23/h2-9,12-13,15,24H,10-11H2,1H3,(H,26,27). The van der Waals surface area contributed by atoms with Crippen LogP contribution in [0.2, 0.25) is 0 Å². The first-order valence-electron chi connectivity index (χ1n) is 8.82. The maximum Gasteiger partial charge on any atom is 0.274 e. The SMILES string of the molecule is COc1cccc(CCNc2ccc(C(=O)Nc3cccc(C#N)c3)nc2)c1. The van der Waals surface area contributed by atoms with Crippen LogP contribution >= 0.6 is 0 Å². The Labute approximate surface area is 163 Å². The van der Waals surface area contributed by atoms with Crippen LogP contribution in [-0.4, -0.2) is 24.5 Å². The number of amides is 1. The van der Waals surface area contributed by atoms with Crippen molar-refractivity contribution in [2.24, 2.45) is 0 Å². The molecule has 0 aliphatic heterocycles. The largest absolute Gasteiger partial charge is 0.497 e. The first-order chi connectivity index (χ1) is 13.7. The minimum absolute atomic E-state index is 0.306. The van der Waals surface area contributed by atoms with E-state index in [4.69, 9.17) is 10.00 Å². The second-order valence-electron chi connectivity index (χ2n) is 6.11. The van der Waals surface area contributed by atoms with Gasteiger partial charge < -0.3 is 15.4 Å². The Morgan fingerprint density at radius 1 is 1.11 bits per heavy atom. The first-order valence-corrected chi connectivity index (χ1v) is 8.82. The highest BCUT2D eigenvalue weighted by Crippen LogP contribution is 2.14. The molecule has 0 atom stereocenters. The molecule has 28 heavy (non-hydrogen) atoms. The van der Waals surface area contributed by atoms with Crippen molar-refractivity contribution in [2.45, 2.75) is 6.42 Å². The molecule has 0 radical (unpaired) electrons. The van der Waals surface area contributed by atoms with E-state index in [1.54, 1.807) is 43.6 Å². The van der Waals surface area contributed by atoms with Crippen molar-refractivity contribution in [1.82, 2.24) is 4.98 Å². The Morgan fingerprint density at radius 2 is 1.96 bits per heavy atom. The molecular formula is C22H20N4O2. The second-order valence-corrected chi connectivity index (χ2v) is 6.11. The van der Waals surface area contributed by atoms with E-state index < -0.39 is 0 Å². The van der Waals surface area contributed by atoms with E-state index in [9.17, 15) is 4.79 Å². The van der Waals surface area contributed by atoms with Crippen molar-refractivity contribution >= 4 is 17.3 Å². The Morgan fingerprint density at radius 3 is 2.71 bits per heavy atom. The Kier molecular flexibility index (Phi) is 6.21. The van der Waals surface area contributed by atoms with E-state index in [0.29, 0.717) is 16.9 Å². The Balaban J connectivity index is 1.54. The number of nitrogens with zero attached hydrogens (tertiary/aromatic N) is 2. The molecule has 2 aromatic carbocycles. The van der Waals surface area contributed by atoms with Crippen LogP contribution in [0.15, 0.2) is 66.9 Å². The van der Waals surface area contributed by atoms with Gasteiger partial charge in [-0.25, -0.2) is 4.98 Å². The monoisotopic (exact) mass is 372 g/mol. The predicted molar refractivity (Wildman–Crippen MR) is 109 cm³/mol. The van der Waals surface area contributed by atoms with Crippen LogP contribution in [-0.2, 0) is 6.42 Å². The van der Waals surface area contributed by atoms with Gasteiger partial charge in [0.15, 0.2) is 0 Å². The molecule has 140 valence electrons. The van der Waals surface area contributed by atoms with Crippen molar-refractivity contribution in [3.63, 3.8) is 0 Å². The zero-order valence-electron chi connectivity index (χ0n) is 15.5. The maximum atomic E-state index is 12.3. The number of carbonyl (C=O) groups excluding carboxylic acids is 1. The molecule has 0 aliphatic rings. The third-order valence-electron chi connectivity index (χ3n) is 4.12. The van der Waals surface area contributed by atoms with Crippen molar-refractivity contribution in [3.8, 4) is 11.8 Å². The molecule has 0 bridgehead atoms. The lowest BCUT2D eigenvalue weighted by Gasteiger charge is -2.09. The molecule has 0 saturated carbocycles. The molecule has 0 spiro atoms. The number of anilines is 2. The van der Waals surface area contributed by atoms with Crippen LogP contribution in [0.5, 0.6) is 5.75 Å². The lowest BCUT2D eigenvalue weighted by molar-refractivity contribution is 0.102.